The first-order chi connectivity index (χ1) is 12.3. The number of thiazole rings is 1. The van der Waals surface area contributed by atoms with Crippen molar-refractivity contribution < 1.29 is 13.6 Å². The number of nitrogens with one attached hydrogen (secondary N) is 1. The van der Waals surface area contributed by atoms with E-state index in [2.05, 4.69) is 10.3 Å². The van der Waals surface area contributed by atoms with Crippen LogP contribution in [-0.4, -0.2) is 21.2 Å². The number of halogens is 2. The lowest BCUT2D eigenvalue weighted by atomic mass is 10.2. The largest absolute Gasteiger partial charge is 0.375 e. The monoisotopic (exact) mass is 397 g/mol. The summed E-state index contributed by atoms with van der Waals surface area (Å²) in [7, 11) is 0. The Bertz CT molecular complexity index is 870. The van der Waals surface area contributed by atoms with Gasteiger partial charge >= 0.3 is 0 Å². The van der Waals surface area contributed by atoms with E-state index in [-0.39, 0.29) is 11.3 Å². The van der Waals surface area contributed by atoms with Gasteiger partial charge in [-0.05, 0) is 24.9 Å². The maximum absolute atomic E-state index is 13.8. The van der Waals surface area contributed by atoms with Crippen molar-refractivity contribution >= 4 is 40.0 Å². The number of nitrogen functional groups attached to an aromatic ring is 1. The number of anilines is 1. The van der Waals surface area contributed by atoms with Crippen LogP contribution in [0.4, 0.5) is 13.9 Å². The molecular weight excluding hydrogens is 380 g/mol. The number of nitrogens with zero attached hydrogens (tertiary/aromatic N) is 2. The Hall–Kier alpha value is -2.33. The maximum Gasteiger partial charge on any atom is 0.239 e. The lowest BCUT2D eigenvalue weighted by Crippen LogP contribution is -2.38. The number of rotatable bonds is 6. The van der Waals surface area contributed by atoms with Crippen molar-refractivity contribution in [2.75, 3.05) is 5.73 Å². The Kier molecular flexibility index (Phi) is 5.33. The minimum atomic E-state index is -0.868. The van der Waals surface area contributed by atoms with E-state index in [1.807, 2.05) is 4.31 Å². The standard InChI is InChI=1S/C16H17F2N5OS2/c1-8(15(19)24)21-11-5-23(6-12-14(11)22-16(20)26-12)25-7-9-3-2-4-10(17)13(9)18/h2-5,8,21H,6-7H2,1H3,(H2,19,24)(H2,20,22)/t8-/m1/s1. The van der Waals surface area contributed by atoms with Gasteiger partial charge in [-0.25, -0.2) is 13.8 Å². The molecule has 0 fully saturated rings. The van der Waals surface area contributed by atoms with Gasteiger partial charge in [0.2, 0.25) is 5.91 Å². The molecule has 0 saturated heterocycles. The molecule has 138 valence electrons. The van der Waals surface area contributed by atoms with E-state index in [1.54, 1.807) is 19.2 Å². The third kappa shape index (κ3) is 3.91. The third-order valence-corrected chi connectivity index (χ3v) is 5.63. The molecule has 1 aliphatic heterocycles. The smallest absolute Gasteiger partial charge is 0.239 e. The fourth-order valence-electron chi connectivity index (χ4n) is 2.39. The van der Waals surface area contributed by atoms with Gasteiger partial charge in [-0.2, -0.15) is 0 Å². The molecule has 0 aliphatic carbocycles. The third-order valence-electron chi connectivity index (χ3n) is 3.76. The van der Waals surface area contributed by atoms with Crippen LogP contribution in [0.5, 0.6) is 0 Å². The number of hydrogen-bond acceptors (Lipinski definition) is 7. The molecular formula is C16H17F2N5OS2. The second-order valence-corrected chi connectivity index (χ2v) is 7.83. The van der Waals surface area contributed by atoms with Crippen molar-refractivity contribution in [3.05, 3.63) is 52.2 Å². The minimum absolute atomic E-state index is 0.252. The maximum atomic E-state index is 13.8. The number of fused-ring (bicyclic) bond motifs is 1. The Balaban J connectivity index is 1.79. The highest BCUT2D eigenvalue weighted by molar-refractivity contribution is 7.96. The molecule has 1 atom stereocenters. The molecule has 0 unspecified atom stereocenters. The molecule has 1 aromatic heterocycles. The predicted molar refractivity (Wildman–Crippen MR) is 99.5 cm³/mol. The van der Waals surface area contributed by atoms with Crippen LogP contribution in [0.1, 0.15) is 23.1 Å². The normalized spacial score (nSPS) is 14.6. The molecule has 1 amide bonds. The summed E-state index contributed by atoms with van der Waals surface area (Å²) in [4.78, 5) is 16.6. The van der Waals surface area contributed by atoms with E-state index in [0.717, 1.165) is 10.9 Å². The van der Waals surface area contributed by atoms with E-state index >= 15 is 0 Å². The molecule has 26 heavy (non-hydrogen) atoms. The van der Waals surface area contributed by atoms with Gasteiger partial charge < -0.3 is 21.1 Å². The molecule has 2 heterocycles. The van der Waals surface area contributed by atoms with E-state index in [4.69, 9.17) is 11.5 Å². The van der Waals surface area contributed by atoms with Crippen molar-refractivity contribution in [2.24, 2.45) is 5.73 Å². The highest BCUT2D eigenvalue weighted by Gasteiger charge is 2.24. The molecule has 0 radical (unpaired) electrons. The fraction of sp³-hybridized carbons (Fsp3) is 0.250. The molecule has 6 nitrogen and oxygen atoms in total. The number of benzene rings is 1. The van der Waals surface area contributed by atoms with Crippen molar-refractivity contribution in [1.29, 1.82) is 0 Å². The first-order valence-electron chi connectivity index (χ1n) is 7.71. The molecule has 1 aromatic carbocycles. The van der Waals surface area contributed by atoms with Crippen LogP contribution in [0.3, 0.4) is 0 Å². The summed E-state index contributed by atoms with van der Waals surface area (Å²) >= 11 is 2.66. The average Bonchev–Trinajstić information content (AvgIpc) is 2.96. The summed E-state index contributed by atoms with van der Waals surface area (Å²) < 4.78 is 29.0. The lowest BCUT2D eigenvalue weighted by molar-refractivity contribution is -0.119. The predicted octanol–water partition coefficient (Wildman–Crippen LogP) is 2.43. The van der Waals surface area contributed by atoms with E-state index < -0.39 is 23.6 Å². The molecule has 10 heteroatoms. The summed E-state index contributed by atoms with van der Waals surface area (Å²) in [6, 6.07) is 3.51. The zero-order valence-corrected chi connectivity index (χ0v) is 15.5. The van der Waals surface area contributed by atoms with Gasteiger partial charge in [0.25, 0.3) is 0 Å². The Morgan fingerprint density at radius 1 is 1.50 bits per heavy atom. The molecule has 2 aromatic rings. The average molecular weight is 397 g/mol. The molecule has 0 spiro atoms. The molecule has 0 bridgehead atoms. The first kappa shape index (κ1) is 18.5. The van der Waals surface area contributed by atoms with Crippen molar-refractivity contribution in [3.63, 3.8) is 0 Å². The van der Waals surface area contributed by atoms with Crippen LogP contribution in [0.2, 0.25) is 0 Å². The Morgan fingerprint density at radius 3 is 3.00 bits per heavy atom. The molecule has 3 rings (SSSR count). The van der Waals surface area contributed by atoms with Crippen molar-refractivity contribution in [2.45, 2.75) is 25.3 Å². The SMILES string of the molecule is C[C@@H](NC1=CN(SCc2cccc(F)c2F)Cc2sc(N)nc21)C(N)=O. The zero-order chi connectivity index (χ0) is 18.8. The van der Waals surface area contributed by atoms with Gasteiger partial charge in [-0.15, -0.1) is 0 Å². The summed E-state index contributed by atoms with van der Waals surface area (Å²) in [5.74, 6) is -1.96. The summed E-state index contributed by atoms with van der Waals surface area (Å²) in [5, 5.41) is 3.44. The quantitative estimate of drug-likeness (QED) is 0.648. The van der Waals surface area contributed by atoms with Gasteiger partial charge in [-0.3, -0.25) is 4.79 Å². The highest BCUT2D eigenvalue weighted by atomic mass is 32.2. The van der Waals surface area contributed by atoms with Gasteiger partial charge in [0.15, 0.2) is 16.8 Å². The van der Waals surface area contributed by atoms with E-state index in [0.29, 0.717) is 23.1 Å². The number of primary amides is 1. The number of nitrogens with two attached hydrogens (primary N) is 2. The molecule has 5 N–H and O–H groups in total. The van der Waals surface area contributed by atoms with Crippen LogP contribution >= 0.6 is 23.3 Å². The molecule has 1 aliphatic rings. The van der Waals surface area contributed by atoms with E-state index in [1.165, 1.54) is 29.4 Å². The van der Waals surface area contributed by atoms with Crippen LogP contribution in [-0.2, 0) is 17.1 Å². The van der Waals surface area contributed by atoms with Crippen molar-refractivity contribution in [1.82, 2.24) is 14.6 Å². The van der Waals surface area contributed by atoms with Crippen LogP contribution < -0.4 is 16.8 Å². The second kappa shape index (κ2) is 7.50. The minimum Gasteiger partial charge on any atom is -0.375 e. The van der Waals surface area contributed by atoms with Gasteiger partial charge in [-0.1, -0.05) is 23.5 Å². The van der Waals surface area contributed by atoms with Crippen molar-refractivity contribution in [3.8, 4) is 0 Å². The van der Waals surface area contributed by atoms with Gasteiger partial charge in [0.1, 0.15) is 11.7 Å². The number of amides is 1. The van der Waals surface area contributed by atoms with Crippen LogP contribution in [0.15, 0.2) is 24.4 Å². The van der Waals surface area contributed by atoms with E-state index in [9.17, 15) is 13.6 Å². The van der Waals surface area contributed by atoms with Crippen LogP contribution in [0, 0.1) is 11.6 Å². The van der Waals surface area contributed by atoms with Crippen LogP contribution in [0.25, 0.3) is 5.70 Å². The number of hydrogen-bond donors (Lipinski definition) is 3. The Morgan fingerprint density at radius 2 is 2.27 bits per heavy atom. The van der Waals surface area contributed by atoms with Gasteiger partial charge in [0, 0.05) is 17.5 Å². The highest BCUT2D eigenvalue weighted by Crippen LogP contribution is 2.35. The Labute approximate surface area is 157 Å². The number of aromatic nitrogens is 1. The summed E-state index contributed by atoms with van der Waals surface area (Å²) in [5.41, 5.74) is 12.7. The fourth-order valence-corrected chi connectivity index (χ4v) is 4.24. The topological polar surface area (TPSA) is 97.3 Å². The first-order valence-corrected chi connectivity index (χ1v) is 9.46. The second-order valence-electron chi connectivity index (χ2n) is 5.70. The lowest BCUT2D eigenvalue weighted by Gasteiger charge is -2.26. The number of carbonyl (C=O) groups is 1. The van der Waals surface area contributed by atoms with Gasteiger partial charge in [0.05, 0.1) is 17.1 Å². The molecule has 0 saturated carbocycles. The number of carbonyl (C=O) groups excluding carboxylic acids is 1. The zero-order valence-electron chi connectivity index (χ0n) is 13.8. The summed E-state index contributed by atoms with van der Waals surface area (Å²) in [6.45, 7) is 2.16. The summed E-state index contributed by atoms with van der Waals surface area (Å²) in [6.07, 6.45) is 1.77.